The number of fused-ring (bicyclic) bond motifs is 5. The molecular weight excluding hydrogens is 320 g/mol. The van der Waals surface area contributed by atoms with E-state index in [9.17, 15) is 9.59 Å². The standard InChI is InChI=1S/C24H36O2/c1-5-6-15(2)18-7-8-19-17-14-22(26)21-13-16(25)9-11-24(21,4)20(17)10-12-23(18,19)3/h13,15,17-20H,5-12,14H2,1-4H3/t15?,17?,18?,19?,20?,23-,24-/m1/s1. The van der Waals surface area contributed by atoms with Gasteiger partial charge in [-0.2, -0.15) is 0 Å². The molecule has 0 aromatic carbocycles. The van der Waals surface area contributed by atoms with E-state index < -0.39 is 0 Å². The Labute approximate surface area is 159 Å². The molecule has 4 aliphatic carbocycles. The largest absolute Gasteiger partial charge is 0.295 e. The molecule has 0 radical (unpaired) electrons. The summed E-state index contributed by atoms with van der Waals surface area (Å²) < 4.78 is 0. The molecule has 0 aromatic rings. The van der Waals surface area contributed by atoms with Crippen LogP contribution in [-0.2, 0) is 9.59 Å². The van der Waals surface area contributed by atoms with Gasteiger partial charge >= 0.3 is 0 Å². The third kappa shape index (κ3) is 2.50. The number of Topliss-reactive ketones (excluding diaryl/α,β-unsaturated/α-hetero) is 1. The molecule has 26 heavy (non-hydrogen) atoms. The number of rotatable bonds is 3. The van der Waals surface area contributed by atoms with Crippen LogP contribution < -0.4 is 0 Å². The van der Waals surface area contributed by atoms with Crippen LogP contribution in [0.25, 0.3) is 0 Å². The van der Waals surface area contributed by atoms with Crippen LogP contribution in [0.2, 0.25) is 0 Å². The smallest absolute Gasteiger partial charge is 0.159 e. The number of ketones is 2. The topological polar surface area (TPSA) is 34.1 Å². The number of carbonyl (C=O) groups excluding carboxylic acids is 2. The Morgan fingerprint density at radius 1 is 1.12 bits per heavy atom. The second kappa shape index (κ2) is 6.31. The van der Waals surface area contributed by atoms with Gasteiger partial charge in [0.25, 0.3) is 0 Å². The fourth-order valence-corrected chi connectivity index (χ4v) is 8.02. The van der Waals surface area contributed by atoms with Crippen LogP contribution in [0.15, 0.2) is 11.6 Å². The van der Waals surface area contributed by atoms with Crippen LogP contribution in [0.4, 0.5) is 0 Å². The molecule has 144 valence electrons. The maximum Gasteiger partial charge on any atom is 0.159 e. The predicted molar refractivity (Wildman–Crippen MR) is 105 cm³/mol. The van der Waals surface area contributed by atoms with E-state index in [2.05, 4.69) is 27.7 Å². The van der Waals surface area contributed by atoms with Gasteiger partial charge in [0, 0.05) is 18.4 Å². The summed E-state index contributed by atoms with van der Waals surface area (Å²) in [6.07, 6.45) is 11.8. The van der Waals surface area contributed by atoms with Gasteiger partial charge in [-0.3, -0.25) is 9.59 Å². The fraction of sp³-hybridized carbons (Fsp3) is 0.833. The SMILES string of the molecule is CCCC(C)C1CCC2C3CC(=O)C4=CC(=O)CC[C@]4(C)C3CC[C@]12C. The maximum absolute atomic E-state index is 13.0. The van der Waals surface area contributed by atoms with Crippen molar-refractivity contribution in [1.29, 1.82) is 0 Å². The number of allylic oxidation sites excluding steroid dienone is 1. The highest BCUT2D eigenvalue weighted by atomic mass is 16.1. The molecule has 0 heterocycles. The summed E-state index contributed by atoms with van der Waals surface area (Å²) in [5.74, 6) is 3.97. The van der Waals surface area contributed by atoms with E-state index in [1.54, 1.807) is 6.08 Å². The van der Waals surface area contributed by atoms with Crippen molar-refractivity contribution >= 4 is 11.6 Å². The zero-order valence-corrected chi connectivity index (χ0v) is 17.1. The molecule has 4 rings (SSSR count). The summed E-state index contributed by atoms with van der Waals surface area (Å²) in [6.45, 7) is 9.63. The number of hydrogen-bond donors (Lipinski definition) is 0. The van der Waals surface area contributed by atoms with Crippen molar-refractivity contribution in [2.24, 2.45) is 40.4 Å². The Morgan fingerprint density at radius 3 is 2.62 bits per heavy atom. The summed E-state index contributed by atoms with van der Waals surface area (Å²) >= 11 is 0. The van der Waals surface area contributed by atoms with Crippen molar-refractivity contribution in [1.82, 2.24) is 0 Å². The van der Waals surface area contributed by atoms with Crippen LogP contribution >= 0.6 is 0 Å². The van der Waals surface area contributed by atoms with Gasteiger partial charge in [0.1, 0.15) is 0 Å². The van der Waals surface area contributed by atoms with Crippen molar-refractivity contribution in [2.45, 2.75) is 85.5 Å². The molecule has 7 atom stereocenters. The normalized spacial score (nSPS) is 46.2. The van der Waals surface area contributed by atoms with Gasteiger partial charge in [-0.05, 0) is 78.6 Å². The van der Waals surface area contributed by atoms with Crippen molar-refractivity contribution in [3.63, 3.8) is 0 Å². The molecule has 5 unspecified atom stereocenters. The zero-order chi connectivity index (χ0) is 18.7. The van der Waals surface area contributed by atoms with Gasteiger partial charge in [0.05, 0.1) is 0 Å². The van der Waals surface area contributed by atoms with Crippen molar-refractivity contribution in [3.8, 4) is 0 Å². The fourth-order valence-electron chi connectivity index (χ4n) is 8.02. The van der Waals surface area contributed by atoms with Crippen molar-refractivity contribution < 1.29 is 9.59 Å². The molecule has 2 heteroatoms. The summed E-state index contributed by atoms with van der Waals surface area (Å²) in [4.78, 5) is 25.0. The van der Waals surface area contributed by atoms with E-state index in [1.165, 1.54) is 38.5 Å². The lowest BCUT2D eigenvalue weighted by Gasteiger charge is -2.57. The monoisotopic (exact) mass is 356 g/mol. The molecule has 0 spiro atoms. The van der Waals surface area contributed by atoms with Crippen molar-refractivity contribution in [2.75, 3.05) is 0 Å². The molecule has 3 saturated carbocycles. The van der Waals surface area contributed by atoms with E-state index in [1.807, 2.05) is 0 Å². The number of carbonyl (C=O) groups is 2. The average molecular weight is 357 g/mol. The van der Waals surface area contributed by atoms with Gasteiger partial charge in [0.15, 0.2) is 11.6 Å². The van der Waals surface area contributed by atoms with Gasteiger partial charge in [-0.25, -0.2) is 0 Å². The molecule has 0 saturated heterocycles. The predicted octanol–water partition coefficient (Wildman–Crippen LogP) is 5.75. The van der Waals surface area contributed by atoms with E-state index in [4.69, 9.17) is 0 Å². The first-order chi connectivity index (χ1) is 12.3. The Bertz CT molecular complexity index is 647. The lowest BCUT2D eigenvalue weighted by atomic mass is 9.46. The molecule has 0 bridgehead atoms. The van der Waals surface area contributed by atoms with Crippen LogP contribution in [0.1, 0.15) is 85.5 Å². The minimum atomic E-state index is -0.0393. The van der Waals surface area contributed by atoms with Gasteiger partial charge in [0.2, 0.25) is 0 Å². The summed E-state index contributed by atoms with van der Waals surface area (Å²) in [5.41, 5.74) is 1.27. The van der Waals surface area contributed by atoms with Crippen LogP contribution in [-0.4, -0.2) is 11.6 Å². The van der Waals surface area contributed by atoms with Gasteiger partial charge in [-0.15, -0.1) is 0 Å². The molecule has 0 amide bonds. The van der Waals surface area contributed by atoms with E-state index in [-0.39, 0.29) is 17.0 Å². The molecule has 4 aliphatic rings. The number of hydrogen-bond acceptors (Lipinski definition) is 2. The first-order valence-electron chi connectivity index (χ1n) is 11.1. The quantitative estimate of drug-likeness (QED) is 0.645. The molecule has 0 aromatic heterocycles. The third-order valence-electron chi connectivity index (χ3n) is 9.29. The highest BCUT2D eigenvalue weighted by Gasteiger charge is 2.60. The second-order valence-corrected chi connectivity index (χ2v) is 10.4. The van der Waals surface area contributed by atoms with E-state index in [0.717, 1.165) is 23.8 Å². The highest BCUT2D eigenvalue weighted by molar-refractivity contribution is 6.05. The zero-order valence-electron chi connectivity index (χ0n) is 17.1. The summed E-state index contributed by atoms with van der Waals surface area (Å²) in [7, 11) is 0. The first kappa shape index (κ1) is 18.4. The van der Waals surface area contributed by atoms with Crippen LogP contribution in [0, 0.1) is 40.4 Å². The molecule has 3 fully saturated rings. The Morgan fingerprint density at radius 2 is 1.88 bits per heavy atom. The molecule has 0 N–H and O–H groups in total. The van der Waals surface area contributed by atoms with Crippen LogP contribution in [0.3, 0.4) is 0 Å². The highest BCUT2D eigenvalue weighted by Crippen LogP contribution is 2.67. The first-order valence-corrected chi connectivity index (χ1v) is 11.1. The van der Waals surface area contributed by atoms with Gasteiger partial charge in [-0.1, -0.05) is 40.5 Å². The minimum Gasteiger partial charge on any atom is -0.295 e. The summed E-state index contributed by atoms with van der Waals surface area (Å²) in [6, 6.07) is 0. The van der Waals surface area contributed by atoms with E-state index >= 15 is 0 Å². The van der Waals surface area contributed by atoms with E-state index in [0.29, 0.717) is 36.0 Å². The Hall–Kier alpha value is -0.920. The molecule has 0 aliphatic heterocycles. The lowest BCUT2D eigenvalue weighted by molar-refractivity contribution is -0.131. The molecule has 2 nitrogen and oxygen atoms in total. The average Bonchev–Trinajstić information content (AvgIpc) is 2.94. The van der Waals surface area contributed by atoms with Crippen LogP contribution in [0.5, 0.6) is 0 Å². The lowest BCUT2D eigenvalue weighted by Crippen LogP contribution is -2.53. The van der Waals surface area contributed by atoms with Crippen molar-refractivity contribution in [3.05, 3.63) is 11.6 Å². The van der Waals surface area contributed by atoms with Gasteiger partial charge < -0.3 is 0 Å². The maximum atomic E-state index is 13.0. The Kier molecular flexibility index (Phi) is 4.48. The minimum absolute atomic E-state index is 0.0393. The Balaban J connectivity index is 1.65. The second-order valence-electron chi connectivity index (χ2n) is 10.4. The summed E-state index contributed by atoms with van der Waals surface area (Å²) in [5, 5.41) is 0. The molecular formula is C24H36O2. The third-order valence-corrected chi connectivity index (χ3v) is 9.29.